The van der Waals surface area contributed by atoms with Crippen LogP contribution in [0.1, 0.15) is 40.5 Å². The molecule has 4 N–H and O–H groups in total. The lowest BCUT2D eigenvalue weighted by molar-refractivity contribution is -0.148. The number of carbonyl (C=O) groups excluding carboxylic acids is 1. The SMILES string of the molecule is C=CC(C)(C)NC(=O)[C@@H](N)C(C(=O)O)C1CSC1(CC)CC. The second kappa shape index (κ2) is 7.04. The molecule has 126 valence electrons. The summed E-state index contributed by atoms with van der Waals surface area (Å²) in [5, 5.41) is 12.4. The Hall–Kier alpha value is -1.01. The third-order valence-electron chi connectivity index (χ3n) is 4.79. The van der Waals surface area contributed by atoms with Crippen LogP contribution in [-0.4, -0.2) is 39.1 Å². The third kappa shape index (κ3) is 3.66. The van der Waals surface area contributed by atoms with E-state index in [2.05, 4.69) is 25.7 Å². The van der Waals surface area contributed by atoms with E-state index in [1.165, 1.54) is 0 Å². The quantitative estimate of drug-likeness (QED) is 0.593. The lowest BCUT2D eigenvalue weighted by Crippen LogP contribution is -2.60. The molecule has 0 aromatic carbocycles. The number of hydrogen-bond acceptors (Lipinski definition) is 4. The van der Waals surface area contributed by atoms with Crippen LogP contribution in [0.25, 0.3) is 0 Å². The number of thioether (sulfide) groups is 1. The maximum atomic E-state index is 12.3. The standard InChI is InChI=1S/C16H28N2O3S/c1-6-15(4,5)18-13(19)12(17)11(14(20)21)10-9-22-16(10,7-2)8-3/h6,10-12H,1,7-9,17H2,2-5H3,(H,18,19)(H,20,21)/t10?,11?,12-/m0/s1. The van der Waals surface area contributed by atoms with Crippen molar-refractivity contribution in [3.63, 3.8) is 0 Å². The van der Waals surface area contributed by atoms with E-state index in [1.807, 2.05) is 0 Å². The molecule has 6 heteroatoms. The van der Waals surface area contributed by atoms with Crippen LogP contribution in [-0.2, 0) is 9.59 Å². The molecule has 1 aliphatic heterocycles. The molecule has 0 saturated carbocycles. The lowest BCUT2D eigenvalue weighted by Gasteiger charge is -2.51. The summed E-state index contributed by atoms with van der Waals surface area (Å²) in [7, 11) is 0. The van der Waals surface area contributed by atoms with E-state index in [-0.39, 0.29) is 10.7 Å². The summed E-state index contributed by atoms with van der Waals surface area (Å²) < 4.78 is -0.0745. The summed E-state index contributed by atoms with van der Waals surface area (Å²) in [5.74, 6) is -1.62. The molecule has 0 bridgehead atoms. The first-order valence-electron chi connectivity index (χ1n) is 7.72. The highest BCUT2D eigenvalue weighted by Crippen LogP contribution is 2.54. The first-order chi connectivity index (χ1) is 10.1. The van der Waals surface area contributed by atoms with Crippen molar-refractivity contribution >= 4 is 23.6 Å². The van der Waals surface area contributed by atoms with Crippen LogP contribution in [0.5, 0.6) is 0 Å². The van der Waals surface area contributed by atoms with Crippen molar-refractivity contribution in [1.29, 1.82) is 0 Å². The van der Waals surface area contributed by atoms with E-state index in [0.717, 1.165) is 18.6 Å². The highest BCUT2D eigenvalue weighted by molar-refractivity contribution is 8.02. The van der Waals surface area contributed by atoms with E-state index >= 15 is 0 Å². The Kier molecular flexibility index (Phi) is 6.10. The summed E-state index contributed by atoms with van der Waals surface area (Å²) >= 11 is 1.79. The van der Waals surface area contributed by atoms with Crippen LogP contribution < -0.4 is 11.1 Å². The lowest BCUT2D eigenvalue weighted by atomic mass is 9.74. The zero-order valence-electron chi connectivity index (χ0n) is 13.9. The maximum Gasteiger partial charge on any atom is 0.308 e. The fourth-order valence-corrected chi connectivity index (χ4v) is 4.61. The maximum absolute atomic E-state index is 12.3. The summed E-state index contributed by atoms with van der Waals surface area (Å²) in [6.45, 7) is 11.4. The van der Waals surface area contributed by atoms with E-state index in [1.54, 1.807) is 31.7 Å². The topological polar surface area (TPSA) is 92.4 Å². The zero-order valence-corrected chi connectivity index (χ0v) is 14.7. The molecule has 0 aliphatic carbocycles. The normalized spacial score (nSPS) is 23.0. The Balaban J connectivity index is 2.94. The van der Waals surface area contributed by atoms with Gasteiger partial charge in [0.25, 0.3) is 0 Å². The van der Waals surface area contributed by atoms with Gasteiger partial charge in [0, 0.05) is 4.75 Å². The molecular weight excluding hydrogens is 300 g/mol. The molecule has 0 radical (unpaired) electrons. The average molecular weight is 328 g/mol. The molecule has 0 aromatic heterocycles. The summed E-state index contributed by atoms with van der Waals surface area (Å²) in [4.78, 5) is 24.1. The molecule has 1 amide bonds. The fraction of sp³-hybridized carbons (Fsp3) is 0.750. The Morgan fingerprint density at radius 3 is 2.36 bits per heavy atom. The molecule has 0 aromatic rings. The van der Waals surface area contributed by atoms with Gasteiger partial charge in [-0.1, -0.05) is 19.9 Å². The average Bonchev–Trinajstić information content (AvgIpc) is 2.43. The van der Waals surface area contributed by atoms with Crippen molar-refractivity contribution in [3.05, 3.63) is 12.7 Å². The zero-order chi connectivity index (χ0) is 17.1. The summed E-state index contributed by atoms with van der Waals surface area (Å²) in [6, 6.07) is -1.06. The van der Waals surface area contributed by atoms with Gasteiger partial charge >= 0.3 is 5.97 Å². The van der Waals surface area contributed by atoms with Crippen molar-refractivity contribution in [2.24, 2.45) is 17.6 Å². The second-order valence-electron chi connectivity index (χ2n) is 6.49. The Bertz CT molecular complexity index is 441. The predicted octanol–water partition coefficient (Wildman–Crippen LogP) is 2.02. The first-order valence-corrected chi connectivity index (χ1v) is 8.70. The number of nitrogens with two attached hydrogens (primary N) is 1. The van der Waals surface area contributed by atoms with Crippen LogP contribution in [0.3, 0.4) is 0 Å². The van der Waals surface area contributed by atoms with Gasteiger partial charge in [-0.05, 0) is 38.4 Å². The van der Waals surface area contributed by atoms with Gasteiger partial charge in [-0.15, -0.1) is 6.58 Å². The molecule has 5 nitrogen and oxygen atoms in total. The summed E-state index contributed by atoms with van der Waals surface area (Å²) in [5.41, 5.74) is 5.42. The Labute approximate surface area is 137 Å². The van der Waals surface area contributed by atoms with Crippen LogP contribution in [0.15, 0.2) is 12.7 Å². The van der Waals surface area contributed by atoms with Crippen molar-refractivity contribution in [2.45, 2.75) is 56.9 Å². The van der Waals surface area contributed by atoms with E-state index in [0.29, 0.717) is 0 Å². The highest BCUT2D eigenvalue weighted by Gasteiger charge is 2.53. The minimum atomic E-state index is -1.06. The number of carboxylic acids is 1. The van der Waals surface area contributed by atoms with Crippen molar-refractivity contribution in [2.75, 3.05) is 5.75 Å². The monoisotopic (exact) mass is 328 g/mol. The molecule has 22 heavy (non-hydrogen) atoms. The van der Waals surface area contributed by atoms with Gasteiger partial charge in [-0.25, -0.2) is 0 Å². The number of carboxylic acid groups (broad SMARTS) is 1. The van der Waals surface area contributed by atoms with Gasteiger partial charge in [0.05, 0.1) is 17.5 Å². The van der Waals surface area contributed by atoms with Crippen LogP contribution >= 0.6 is 11.8 Å². The summed E-state index contributed by atoms with van der Waals surface area (Å²) in [6.07, 6.45) is 3.37. The molecule has 1 aliphatic rings. The molecule has 1 rings (SSSR count). The van der Waals surface area contributed by atoms with Crippen molar-refractivity contribution < 1.29 is 14.7 Å². The molecule has 2 unspecified atom stereocenters. The van der Waals surface area contributed by atoms with Gasteiger partial charge in [0.15, 0.2) is 0 Å². The van der Waals surface area contributed by atoms with Gasteiger partial charge in [0.1, 0.15) is 0 Å². The number of hydrogen-bond donors (Lipinski definition) is 3. The highest BCUT2D eigenvalue weighted by atomic mass is 32.2. The van der Waals surface area contributed by atoms with Crippen molar-refractivity contribution in [1.82, 2.24) is 5.32 Å². The van der Waals surface area contributed by atoms with Crippen LogP contribution in [0, 0.1) is 11.8 Å². The second-order valence-corrected chi connectivity index (χ2v) is 7.93. The molecule has 0 spiro atoms. The smallest absolute Gasteiger partial charge is 0.308 e. The molecule has 1 fully saturated rings. The van der Waals surface area contributed by atoms with Crippen LogP contribution in [0.2, 0.25) is 0 Å². The van der Waals surface area contributed by atoms with Gasteiger partial charge in [-0.2, -0.15) is 11.8 Å². The number of nitrogens with one attached hydrogen (secondary N) is 1. The van der Waals surface area contributed by atoms with Crippen molar-refractivity contribution in [3.8, 4) is 0 Å². The van der Waals surface area contributed by atoms with Crippen LogP contribution in [0.4, 0.5) is 0 Å². The van der Waals surface area contributed by atoms with E-state index < -0.39 is 29.4 Å². The fourth-order valence-electron chi connectivity index (χ4n) is 3.02. The Morgan fingerprint density at radius 2 is 2.05 bits per heavy atom. The third-order valence-corrected chi connectivity index (χ3v) is 6.77. The number of carbonyl (C=O) groups is 2. The number of amides is 1. The van der Waals surface area contributed by atoms with E-state index in [4.69, 9.17) is 5.73 Å². The molecule has 1 heterocycles. The number of rotatable bonds is 8. The van der Waals surface area contributed by atoms with Gasteiger partial charge in [0.2, 0.25) is 5.91 Å². The number of aliphatic carboxylic acids is 1. The predicted molar refractivity (Wildman–Crippen MR) is 90.8 cm³/mol. The molecule has 1 saturated heterocycles. The minimum Gasteiger partial charge on any atom is -0.481 e. The molecule has 3 atom stereocenters. The minimum absolute atomic E-state index is 0.0717. The largest absolute Gasteiger partial charge is 0.481 e. The Morgan fingerprint density at radius 1 is 1.50 bits per heavy atom. The van der Waals surface area contributed by atoms with Gasteiger partial charge < -0.3 is 16.2 Å². The van der Waals surface area contributed by atoms with E-state index in [9.17, 15) is 14.7 Å². The van der Waals surface area contributed by atoms with Gasteiger partial charge in [-0.3, -0.25) is 9.59 Å². The first kappa shape index (κ1) is 19.0. The molecular formula is C16H28N2O3S.